The lowest BCUT2D eigenvalue weighted by atomic mass is 10.3. The Labute approximate surface area is 78.7 Å². The summed E-state index contributed by atoms with van der Waals surface area (Å²) in [5.74, 6) is -0.234. The number of phenols is 1. The normalized spacial score (nSPS) is 9.69. The standard InChI is InChI=1S/C7H6ClNO4/c1-13-4-2-5(8)7(9(11)12)6(10)3-4/h2-3,10H,1H3. The lowest BCUT2D eigenvalue weighted by molar-refractivity contribution is -0.385. The molecule has 0 radical (unpaired) electrons. The van der Waals surface area contributed by atoms with Crippen LogP contribution in [0.15, 0.2) is 12.1 Å². The minimum atomic E-state index is -0.753. The molecule has 6 heteroatoms. The van der Waals surface area contributed by atoms with E-state index in [-0.39, 0.29) is 10.8 Å². The molecule has 1 aromatic carbocycles. The van der Waals surface area contributed by atoms with Crippen molar-refractivity contribution in [1.29, 1.82) is 0 Å². The highest BCUT2D eigenvalue weighted by molar-refractivity contribution is 6.33. The Kier molecular flexibility index (Phi) is 2.57. The third kappa shape index (κ3) is 1.81. The third-order valence-corrected chi connectivity index (χ3v) is 1.72. The van der Waals surface area contributed by atoms with Crippen molar-refractivity contribution in [3.63, 3.8) is 0 Å². The number of hydrogen-bond donors (Lipinski definition) is 1. The number of ether oxygens (including phenoxy) is 1. The molecule has 13 heavy (non-hydrogen) atoms. The molecule has 70 valence electrons. The first kappa shape index (κ1) is 9.60. The predicted molar refractivity (Wildman–Crippen MR) is 46.3 cm³/mol. The summed E-state index contributed by atoms with van der Waals surface area (Å²) in [6.07, 6.45) is 0. The lowest BCUT2D eigenvalue weighted by Crippen LogP contribution is -1.91. The van der Waals surface area contributed by atoms with Crippen LogP contribution >= 0.6 is 11.6 Å². The number of nitro groups is 1. The van der Waals surface area contributed by atoms with Crippen LogP contribution in [-0.2, 0) is 0 Å². The van der Waals surface area contributed by atoms with Gasteiger partial charge in [0.2, 0.25) is 0 Å². The van der Waals surface area contributed by atoms with Gasteiger partial charge >= 0.3 is 5.69 Å². The minimum absolute atomic E-state index is 0.151. The first-order chi connectivity index (χ1) is 6.06. The molecule has 0 heterocycles. The number of nitrogens with zero attached hydrogens (tertiary/aromatic N) is 1. The van der Waals surface area contributed by atoms with Crippen LogP contribution in [0.1, 0.15) is 0 Å². The minimum Gasteiger partial charge on any atom is -0.502 e. The Morgan fingerprint density at radius 1 is 1.62 bits per heavy atom. The highest BCUT2D eigenvalue weighted by Gasteiger charge is 2.19. The SMILES string of the molecule is COc1cc(O)c([N+](=O)[O-])c(Cl)c1. The number of rotatable bonds is 2. The van der Waals surface area contributed by atoms with Crippen molar-refractivity contribution in [3.8, 4) is 11.5 Å². The van der Waals surface area contributed by atoms with Crippen LogP contribution in [0, 0.1) is 10.1 Å². The molecule has 0 aliphatic rings. The van der Waals surface area contributed by atoms with Crippen molar-refractivity contribution in [2.24, 2.45) is 0 Å². The fraction of sp³-hybridized carbons (Fsp3) is 0.143. The van der Waals surface area contributed by atoms with Crippen LogP contribution in [0.4, 0.5) is 5.69 Å². The highest BCUT2D eigenvalue weighted by atomic mass is 35.5. The predicted octanol–water partition coefficient (Wildman–Crippen LogP) is 1.96. The zero-order valence-corrected chi connectivity index (χ0v) is 7.41. The molecule has 0 saturated heterocycles. The monoisotopic (exact) mass is 203 g/mol. The molecule has 0 atom stereocenters. The Bertz CT molecular complexity index is 329. The molecule has 1 aromatic rings. The number of aromatic hydroxyl groups is 1. The average molecular weight is 204 g/mol. The number of benzene rings is 1. The van der Waals surface area contributed by atoms with E-state index in [2.05, 4.69) is 0 Å². The van der Waals surface area contributed by atoms with Gasteiger partial charge in [0, 0.05) is 12.1 Å². The van der Waals surface area contributed by atoms with E-state index in [1.54, 1.807) is 0 Å². The summed E-state index contributed by atoms with van der Waals surface area (Å²) in [6, 6.07) is 2.39. The van der Waals surface area contributed by atoms with Gasteiger partial charge < -0.3 is 9.84 Å². The van der Waals surface area contributed by atoms with Crippen molar-refractivity contribution in [1.82, 2.24) is 0 Å². The summed E-state index contributed by atoms with van der Waals surface area (Å²) in [6.45, 7) is 0. The van der Waals surface area contributed by atoms with Crippen LogP contribution in [0.3, 0.4) is 0 Å². The maximum absolute atomic E-state index is 10.4. The van der Waals surface area contributed by atoms with E-state index in [4.69, 9.17) is 21.4 Å². The molecule has 0 amide bonds. The van der Waals surface area contributed by atoms with E-state index in [0.717, 1.165) is 6.07 Å². The zero-order chi connectivity index (χ0) is 10.0. The van der Waals surface area contributed by atoms with Gasteiger partial charge in [-0.25, -0.2) is 0 Å². The van der Waals surface area contributed by atoms with E-state index in [1.165, 1.54) is 13.2 Å². The van der Waals surface area contributed by atoms with E-state index in [0.29, 0.717) is 0 Å². The molecule has 0 aromatic heterocycles. The van der Waals surface area contributed by atoms with Gasteiger partial charge in [0.15, 0.2) is 5.75 Å². The van der Waals surface area contributed by atoms with Crippen molar-refractivity contribution in [3.05, 3.63) is 27.3 Å². The second-order valence-corrected chi connectivity index (χ2v) is 2.64. The maximum Gasteiger partial charge on any atom is 0.329 e. The van der Waals surface area contributed by atoms with Gasteiger partial charge in [0.1, 0.15) is 10.8 Å². The molecule has 0 bridgehead atoms. The third-order valence-electron chi connectivity index (χ3n) is 1.44. The molecule has 1 N–H and O–H groups in total. The van der Waals surface area contributed by atoms with Gasteiger partial charge in [-0.05, 0) is 0 Å². The molecule has 0 saturated carbocycles. The zero-order valence-electron chi connectivity index (χ0n) is 6.65. The van der Waals surface area contributed by atoms with E-state index in [1.807, 2.05) is 0 Å². The lowest BCUT2D eigenvalue weighted by Gasteiger charge is -2.02. The Morgan fingerprint density at radius 3 is 2.62 bits per heavy atom. The van der Waals surface area contributed by atoms with Gasteiger partial charge in [-0.15, -0.1) is 0 Å². The van der Waals surface area contributed by atoms with Gasteiger partial charge in [0.25, 0.3) is 0 Å². The molecular formula is C7H6ClNO4. The van der Waals surface area contributed by atoms with Crippen molar-refractivity contribution in [2.75, 3.05) is 7.11 Å². The van der Waals surface area contributed by atoms with Crippen molar-refractivity contribution in [2.45, 2.75) is 0 Å². The van der Waals surface area contributed by atoms with Crippen LogP contribution in [-0.4, -0.2) is 17.1 Å². The van der Waals surface area contributed by atoms with E-state index >= 15 is 0 Å². The molecule has 0 aliphatic carbocycles. The Balaban J connectivity index is 3.31. The molecular weight excluding hydrogens is 198 g/mol. The highest BCUT2D eigenvalue weighted by Crippen LogP contribution is 2.37. The Hall–Kier alpha value is -1.49. The second kappa shape index (κ2) is 3.49. The fourth-order valence-electron chi connectivity index (χ4n) is 0.859. The summed E-state index contributed by atoms with van der Waals surface area (Å²) in [7, 11) is 1.37. The molecule has 0 unspecified atom stereocenters. The van der Waals surface area contributed by atoms with Gasteiger partial charge in [0.05, 0.1) is 12.0 Å². The summed E-state index contributed by atoms with van der Waals surface area (Å²) >= 11 is 5.53. The average Bonchev–Trinajstić information content (AvgIpc) is 2.02. The number of phenolic OH excluding ortho intramolecular Hbond substituents is 1. The molecule has 0 fully saturated rings. The molecule has 5 nitrogen and oxygen atoms in total. The number of hydrogen-bond acceptors (Lipinski definition) is 4. The first-order valence-corrected chi connectivity index (χ1v) is 3.65. The van der Waals surface area contributed by atoms with E-state index < -0.39 is 16.4 Å². The summed E-state index contributed by atoms with van der Waals surface area (Å²) in [5, 5.41) is 19.4. The van der Waals surface area contributed by atoms with Crippen LogP contribution in [0.2, 0.25) is 5.02 Å². The maximum atomic E-state index is 10.4. The van der Waals surface area contributed by atoms with Crippen LogP contribution < -0.4 is 4.74 Å². The molecule has 0 spiro atoms. The fourth-order valence-corrected chi connectivity index (χ4v) is 1.13. The summed E-state index contributed by atoms with van der Waals surface area (Å²) in [4.78, 5) is 9.61. The molecule has 1 rings (SSSR count). The molecule has 0 aliphatic heterocycles. The van der Waals surface area contributed by atoms with Gasteiger partial charge in [-0.3, -0.25) is 10.1 Å². The second-order valence-electron chi connectivity index (χ2n) is 2.23. The van der Waals surface area contributed by atoms with Crippen LogP contribution in [0.25, 0.3) is 0 Å². The van der Waals surface area contributed by atoms with Crippen molar-refractivity contribution >= 4 is 17.3 Å². The Morgan fingerprint density at radius 2 is 2.23 bits per heavy atom. The topological polar surface area (TPSA) is 72.6 Å². The van der Waals surface area contributed by atoms with Crippen LogP contribution in [0.5, 0.6) is 11.5 Å². The smallest absolute Gasteiger partial charge is 0.329 e. The largest absolute Gasteiger partial charge is 0.502 e. The summed E-state index contributed by atoms with van der Waals surface area (Å²) < 4.78 is 4.74. The summed E-state index contributed by atoms with van der Waals surface area (Å²) in [5.41, 5.74) is -0.512. The number of nitro benzene ring substituents is 1. The quantitative estimate of drug-likeness (QED) is 0.589. The van der Waals surface area contributed by atoms with Gasteiger partial charge in [-0.2, -0.15) is 0 Å². The number of halogens is 1. The number of methoxy groups -OCH3 is 1. The van der Waals surface area contributed by atoms with E-state index in [9.17, 15) is 10.1 Å². The first-order valence-electron chi connectivity index (χ1n) is 3.27. The van der Waals surface area contributed by atoms with Gasteiger partial charge in [-0.1, -0.05) is 11.6 Å². The van der Waals surface area contributed by atoms with Crippen molar-refractivity contribution < 1.29 is 14.8 Å².